The van der Waals surface area contributed by atoms with Crippen molar-refractivity contribution >= 4 is 0 Å². The molecule has 0 aliphatic rings. The molecule has 0 aromatic carbocycles. The normalized spacial score (nSPS) is 10.5. The molecule has 0 unspecified atom stereocenters. The van der Waals surface area contributed by atoms with Gasteiger partial charge in [-0.2, -0.15) is 0 Å². The Morgan fingerprint density at radius 1 is 0.917 bits per heavy atom. The van der Waals surface area contributed by atoms with E-state index in [1.54, 1.807) is 0 Å². The second kappa shape index (κ2) is 9.01. The van der Waals surface area contributed by atoms with Crippen LogP contribution in [0, 0.1) is 12.3 Å². The fraction of sp³-hybridized carbons (Fsp3) is 0.900. The number of rotatable bonds is 4. The Morgan fingerprint density at radius 3 is 1.33 bits per heavy atom. The largest absolute Gasteiger partial charge is 0.396 e. The third kappa shape index (κ3) is 51.4. The minimum Gasteiger partial charge on any atom is -0.396 e. The van der Waals surface area contributed by atoms with E-state index in [0.29, 0.717) is 0 Å². The summed E-state index contributed by atoms with van der Waals surface area (Å²) < 4.78 is 0. The van der Waals surface area contributed by atoms with Gasteiger partial charge in [-0.25, -0.2) is 0 Å². The molecule has 0 fully saturated rings. The minimum atomic E-state index is 0.250. The summed E-state index contributed by atoms with van der Waals surface area (Å²) in [6.07, 6.45) is 2.58. The number of aliphatic hydroxyl groups is 2. The van der Waals surface area contributed by atoms with E-state index in [4.69, 9.17) is 10.2 Å². The first-order chi connectivity index (χ1) is 5.41. The lowest BCUT2D eigenvalue weighted by molar-refractivity contribution is 0.257. The zero-order valence-corrected chi connectivity index (χ0v) is 8.64. The standard InChI is InChI=1S/C5H12O2.C5H11/c6-4-2-1-3-5-7;1-5(2,3)4/h6-7H,1-5H2;1H2,2-4H3. The van der Waals surface area contributed by atoms with Crippen LogP contribution in [-0.2, 0) is 0 Å². The molecule has 1 radical (unpaired) electrons. The molecule has 0 aliphatic carbocycles. The lowest BCUT2D eigenvalue weighted by Gasteiger charge is -2.05. The van der Waals surface area contributed by atoms with Crippen LogP contribution in [0.25, 0.3) is 0 Å². The molecule has 0 bridgehead atoms. The van der Waals surface area contributed by atoms with Gasteiger partial charge in [0.15, 0.2) is 0 Å². The molecule has 0 aromatic rings. The zero-order chi connectivity index (χ0) is 10.0. The van der Waals surface area contributed by atoms with Gasteiger partial charge in [-0.15, -0.1) is 0 Å². The quantitative estimate of drug-likeness (QED) is 0.642. The SMILES string of the molecule is OCCCCCO.[CH2]C(C)(C)C. The molecule has 0 aliphatic heterocycles. The average Bonchev–Trinajstić information content (AvgIpc) is 1.85. The predicted octanol–water partition coefficient (Wildman–Crippen LogP) is 2.01. The molecule has 0 saturated carbocycles. The van der Waals surface area contributed by atoms with Crippen LogP contribution in [-0.4, -0.2) is 23.4 Å². The van der Waals surface area contributed by atoms with Gasteiger partial charge in [-0.1, -0.05) is 20.8 Å². The molecular weight excluding hydrogens is 152 g/mol. The van der Waals surface area contributed by atoms with Crippen molar-refractivity contribution < 1.29 is 10.2 Å². The topological polar surface area (TPSA) is 40.5 Å². The summed E-state index contributed by atoms with van der Waals surface area (Å²) in [5.74, 6) is 0. The van der Waals surface area contributed by atoms with Crippen LogP contribution >= 0.6 is 0 Å². The Balaban J connectivity index is 0. The smallest absolute Gasteiger partial charge is 0.0431 e. The van der Waals surface area contributed by atoms with Gasteiger partial charge >= 0.3 is 0 Å². The molecule has 0 saturated heterocycles. The van der Waals surface area contributed by atoms with Crippen LogP contribution in [0.4, 0.5) is 0 Å². The van der Waals surface area contributed by atoms with Gasteiger partial charge in [0.1, 0.15) is 0 Å². The lowest BCUT2D eigenvalue weighted by Crippen LogP contribution is -1.94. The van der Waals surface area contributed by atoms with Gasteiger partial charge in [-0.05, 0) is 31.6 Å². The van der Waals surface area contributed by atoms with Gasteiger partial charge in [0, 0.05) is 13.2 Å². The van der Waals surface area contributed by atoms with Crippen LogP contribution in [0.5, 0.6) is 0 Å². The van der Waals surface area contributed by atoms with E-state index in [2.05, 4.69) is 27.7 Å². The molecule has 0 heterocycles. The summed E-state index contributed by atoms with van der Waals surface area (Å²) in [4.78, 5) is 0. The Bertz CT molecular complexity index is 64.4. The fourth-order valence-corrected chi connectivity index (χ4v) is 0.400. The molecule has 0 spiro atoms. The highest BCUT2D eigenvalue weighted by atomic mass is 16.3. The van der Waals surface area contributed by atoms with E-state index in [0.717, 1.165) is 19.3 Å². The van der Waals surface area contributed by atoms with Gasteiger partial charge < -0.3 is 10.2 Å². The van der Waals surface area contributed by atoms with Crippen LogP contribution in [0.2, 0.25) is 0 Å². The monoisotopic (exact) mass is 175 g/mol. The minimum absolute atomic E-state index is 0.250. The second-order valence-electron chi connectivity index (χ2n) is 4.07. The van der Waals surface area contributed by atoms with Crippen LogP contribution in [0.3, 0.4) is 0 Å². The van der Waals surface area contributed by atoms with Gasteiger partial charge in [0.25, 0.3) is 0 Å². The number of aliphatic hydroxyl groups excluding tert-OH is 2. The number of hydrogen-bond acceptors (Lipinski definition) is 2. The van der Waals surface area contributed by atoms with Crippen molar-refractivity contribution in [1.29, 1.82) is 0 Å². The molecule has 0 aromatic heterocycles. The Kier molecular flexibility index (Phi) is 10.8. The summed E-state index contributed by atoms with van der Waals surface area (Å²) in [5.41, 5.74) is 0.250. The van der Waals surface area contributed by atoms with Crippen molar-refractivity contribution in [3.05, 3.63) is 6.92 Å². The predicted molar refractivity (Wildman–Crippen MR) is 52.8 cm³/mol. The molecule has 2 nitrogen and oxygen atoms in total. The van der Waals surface area contributed by atoms with E-state index < -0.39 is 0 Å². The Labute approximate surface area is 76.6 Å². The first-order valence-corrected chi connectivity index (χ1v) is 4.49. The Hall–Kier alpha value is -0.0800. The third-order valence-corrected chi connectivity index (χ3v) is 0.816. The summed E-state index contributed by atoms with van der Waals surface area (Å²) in [6, 6.07) is 0. The first kappa shape index (κ1) is 14.4. The van der Waals surface area contributed by atoms with Crippen molar-refractivity contribution in [3.8, 4) is 0 Å². The Morgan fingerprint density at radius 2 is 1.17 bits per heavy atom. The second-order valence-corrected chi connectivity index (χ2v) is 4.07. The average molecular weight is 175 g/mol. The third-order valence-electron chi connectivity index (χ3n) is 0.816. The fourth-order valence-electron chi connectivity index (χ4n) is 0.400. The summed E-state index contributed by atoms with van der Waals surface area (Å²) in [5, 5.41) is 16.4. The molecule has 2 heteroatoms. The highest BCUT2D eigenvalue weighted by Gasteiger charge is 1.95. The summed E-state index contributed by atoms with van der Waals surface area (Å²) in [7, 11) is 0. The van der Waals surface area contributed by atoms with Gasteiger partial charge in [-0.3, -0.25) is 0 Å². The van der Waals surface area contributed by atoms with Crippen LogP contribution in [0.1, 0.15) is 40.0 Å². The molecular formula is C10H23O2. The van der Waals surface area contributed by atoms with Crippen LogP contribution < -0.4 is 0 Å². The molecule has 0 rings (SSSR count). The van der Waals surface area contributed by atoms with Gasteiger partial charge in [0.05, 0.1) is 0 Å². The lowest BCUT2D eigenvalue weighted by atomic mass is 10.0. The highest BCUT2D eigenvalue weighted by molar-refractivity contribution is 4.60. The summed E-state index contributed by atoms with van der Waals surface area (Å²) >= 11 is 0. The van der Waals surface area contributed by atoms with Crippen LogP contribution in [0.15, 0.2) is 0 Å². The van der Waals surface area contributed by atoms with E-state index in [1.807, 2.05) is 0 Å². The zero-order valence-electron chi connectivity index (χ0n) is 8.64. The molecule has 2 N–H and O–H groups in total. The molecule has 12 heavy (non-hydrogen) atoms. The van der Waals surface area contributed by atoms with E-state index >= 15 is 0 Å². The maximum atomic E-state index is 8.21. The number of hydrogen-bond donors (Lipinski definition) is 2. The maximum Gasteiger partial charge on any atom is 0.0431 e. The van der Waals surface area contributed by atoms with Crippen molar-refractivity contribution in [2.24, 2.45) is 5.41 Å². The number of unbranched alkanes of at least 4 members (excludes halogenated alkanes) is 2. The van der Waals surface area contributed by atoms with E-state index in [1.165, 1.54) is 0 Å². The summed E-state index contributed by atoms with van der Waals surface area (Å²) in [6.45, 7) is 10.5. The maximum absolute atomic E-state index is 8.21. The van der Waals surface area contributed by atoms with Crippen molar-refractivity contribution in [1.82, 2.24) is 0 Å². The van der Waals surface area contributed by atoms with Crippen molar-refractivity contribution in [3.63, 3.8) is 0 Å². The molecule has 75 valence electrons. The van der Waals surface area contributed by atoms with E-state index in [9.17, 15) is 0 Å². The van der Waals surface area contributed by atoms with Crippen molar-refractivity contribution in [2.45, 2.75) is 40.0 Å². The molecule has 0 atom stereocenters. The van der Waals surface area contributed by atoms with E-state index in [-0.39, 0.29) is 18.6 Å². The molecule has 0 amide bonds. The van der Waals surface area contributed by atoms with Gasteiger partial charge in [0.2, 0.25) is 0 Å². The highest BCUT2D eigenvalue weighted by Crippen LogP contribution is 2.07. The first-order valence-electron chi connectivity index (χ1n) is 4.49. The van der Waals surface area contributed by atoms with Crippen molar-refractivity contribution in [2.75, 3.05) is 13.2 Å².